The van der Waals surface area contributed by atoms with E-state index in [0.29, 0.717) is 11.8 Å². The highest BCUT2D eigenvalue weighted by atomic mass is 19.1. The van der Waals surface area contributed by atoms with E-state index in [1.165, 1.54) is 12.1 Å². The molecule has 0 amide bonds. The second kappa shape index (κ2) is 6.87. The second-order valence-electron chi connectivity index (χ2n) is 4.98. The van der Waals surface area contributed by atoms with Crippen molar-refractivity contribution in [2.75, 3.05) is 33.3 Å². The summed E-state index contributed by atoms with van der Waals surface area (Å²) >= 11 is 0. The van der Waals surface area contributed by atoms with Crippen molar-refractivity contribution in [3.05, 3.63) is 29.6 Å². The van der Waals surface area contributed by atoms with Crippen molar-refractivity contribution in [3.63, 3.8) is 0 Å². The fourth-order valence-electron chi connectivity index (χ4n) is 2.76. The Labute approximate surface area is 114 Å². The summed E-state index contributed by atoms with van der Waals surface area (Å²) in [5.74, 6) is 0.424. The number of rotatable bonds is 5. The molecule has 3 nitrogen and oxygen atoms in total. The van der Waals surface area contributed by atoms with Gasteiger partial charge in [0.2, 0.25) is 0 Å². The maximum atomic E-state index is 13.3. The number of benzene rings is 1. The van der Waals surface area contributed by atoms with E-state index in [0.717, 1.165) is 44.6 Å². The number of hydrogen-bond acceptors (Lipinski definition) is 3. The van der Waals surface area contributed by atoms with E-state index in [1.807, 2.05) is 6.07 Å². The molecule has 2 rings (SSSR count). The van der Waals surface area contributed by atoms with E-state index in [9.17, 15) is 4.39 Å². The summed E-state index contributed by atoms with van der Waals surface area (Å²) in [7, 11) is 1.61. The highest BCUT2D eigenvalue weighted by Gasteiger charge is 2.24. The summed E-state index contributed by atoms with van der Waals surface area (Å²) in [4.78, 5) is 2.47. The van der Waals surface area contributed by atoms with Crippen molar-refractivity contribution in [2.45, 2.75) is 25.8 Å². The van der Waals surface area contributed by atoms with Crippen LogP contribution in [0, 0.1) is 5.82 Å². The van der Waals surface area contributed by atoms with Gasteiger partial charge >= 0.3 is 0 Å². The van der Waals surface area contributed by atoms with E-state index in [2.05, 4.69) is 17.1 Å². The molecule has 0 bridgehead atoms. The van der Waals surface area contributed by atoms with Gasteiger partial charge in [-0.2, -0.15) is 0 Å². The van der Waals surface area contributed by atoms with Gasteiger partial charge in [-0.15, -0.1) is 0 Å². The summed E-state index contributed by atoms with van der Waals surface area (Å²) < 4.78 is 18.7. The van der Waals surface area contributed by atoms with Gasteiger partial charge in [-0.05, 0) is 12.5 Å². The Bertz CT molecular complexity index is 405. The van der Waals surface area contributed by atoms with Crippen LogP contribution in [0.5, 0.6) is 5.75 Å². The minimum absolute atomic E-state index is 0.240. The van der Waals surface area contributed by atoms with Gasteiger partial charge in [0.25, 0.3) is 0 Å². The standard InChI is InChI=1S/C15H23FN2O/c1-3-4-14(18-9-7-17-8-10-18)13-6-5-12(16)11-15(13)19-2/h5-6,11,14,17H,3-4,7-10H2,1-2H3/t14-/m0/s1. The van der Waals surface area contributed by atoms with Crippen LogP contribution in [0.15, 0.2) is 18.2 Å². The number of hydrogen-bond donors (Lipinski definition) is 1. The van der Waals surface area contributed by atoms with E-state index in [-0.39, 0.29) is 5.82 Å². The molecule has 0 spiro atoms. The van der Waals surface area contributed by atoms with Crippen molar-refractivity contribution in [3.8, 4) is 5.75 Å². The third-order valence-electron chi connectivity index (χ3n) is 3.71. The molecular formula is C15H23FN2O. The van der Waals surface area contributed by atoms with Crippen LogP contribution in [-0.2, 0) is 0 Å². The summed E-state index contributed by atoms with van der Waals surface area (Å²) in [6.07, 6.45) is 2.18. The van der Waals surface area contributed by atoms with Crippen molar-refractivity contribution in [2.24, 2.45) is 0 Å². The number of nitrogens with zero attached hydrogens (tertiary/aromatic N) is 1. The van der Waals surface area contributed by atoms with Crippen molar-refractivity contribution >= 4 is 0 Å². The number of piperazine rings is 1. The summed E-state index contributed by atoms with van der Waals surface area (Å²) in [6.45, 7) is 6.29. The largest absolute Gasteiger partial charge is 0.496 e. The molecule has 1 aromatic rings. The zero-order valence-corrected chi connectivity index (χ0v) is 11.8. The molecule has 1 aliphatic heterocycles. The van der Waals surface area contributed by atoms with Gasteiger partial charge in [-0.3, -0.25) is 4.90 Å². The minimum Gasteiger partial charge on any atom is -0.496 e. The number of methoxy groups -OCH3 is 1. The third-order valence-corrected chi connectivity index (χ3v) is 3.71. The van der Waals surface area contributed by atoms with Crippen LogP contribution >= 0.6 is 0 Å². The van der Waals surface area contributed by atoms with Crippen molar-refractivity contribution < 1.29 is 9.13 Å². The zero-order valence-electron chi connectivity index (χ0n) is 11.8. The van der Waals surface area contributed by atoms with Gasteiger partial charge in [-0.1, -0.05) is 19.4 Å². The summed E-state index contributed by atoms with van der Waals surface area (Å²) in [5, 5.41) is 3.37. The Morgan fingerprint density at radius 3 is 2.74 bits per heavy atom. The fourth-order valence-corrected chi connectivity index (χ4v) is 2.76. The zero-order chi connectivity index (χ0) is 13.7. The molecule has 1 saturated heterocycles. The SMILES string of the molecule is CCC[C@@H](c1ccc(F)cc1OC)N1CCNCC1. The topological polar surface area (TPSA) is 24.5 Å². The molecule has 1 heterocycles. The maximum absolute atomic E-state index is 13.3. The van der Waals surface area contributed by atoms with Crippen LogP contribution in [0.4, 0.5) is 4.39 Å². The first kappa shape index (κ1) is 14.3. The average Bonchev–Trinajstić information content (AvgIpc) is 2.46. The van der Waals surface area contributed by atoms with E-state index in [4.69, 9.17) is 4.74 Å². The van der Waals surface area contributed by atoms with Gasteiger partial charge in [-0.25, -0.2) is 4.39 Å². The van der Waals surface area contributed by atoms with Gasteiger partial charge < -0.3 is 10.1 Å². The van der Waals surface area contributed by atoms with Gasteiger partial charge in [0, 0.05) is 43.9 Å². The highest BCUT2D eigenvalue weighted by Crippen LogP contribution is 2.33. The number of halogens is 1. The monoisotopic (exact) mass is 266 g/mol. The molecule has 1 fully saturated rings. The Morgan fingerprint density at radius 1 is 1.37 bits per heavy atom. The van der Waals surface area contributed by atoms with Crippen LogP contribution in [0.1, 0.15) is 31.4 Å². The number of nitrogens with one attached hydrogen (secondary N) is 1. The first-order valence-corrected chi connectivity index (χ1v) is 7.04. The predicted molar refractivity (Wildman–Crippen MR) is 75.0 cm³/mol. The van der Waals surface area contributed by atoms with Gasteiger partial charge in [0.1, 0.15) is 11.6 Å². The Kier molecular flexibility index (Phi) is 5.16. The van der Waals surface area contributed by atoms with Crippen molar-refractivity contribution in [1.82, 2.24) is 10.2 Å². The maximum Gasteiger partial charge on any atom is 0.126 e. The highest BCUT2D eigenvalue weighted by molar-refractivity contribution is 5.36. The molecule has 0 aromatic heterocycles. The molecular weight excluding hydrogens is 243 g/mol. The first-order valence-electron chi connectivity index (χ1n) is 7.04. The molecule has 4 heteroatoms. The van der Waals surface area contributed by atoms with E-state index in [1.54, 1.807) is 7.11 Å². The molecule has 0 unspecified atom stereocenters. The quantitative estimate of drug-likeness (QED) is 0.886. The van der Waals surface area contributed by atoms with Gasteiger partial charge in [0.15, 0.2) is 0 Å². The van der Waals surface area contributed by atoms with Crippen molar-refractivity contribution in [1.29, 1.82) is 0 Å². The molecule has 0 aliphatic carbocycles. The first-order chi connectivity index (χ1) is 9.26. The van der Waals surface area contributed by atoms with Crippen LogP contribution in [-0.4, -0.2) is 38.2 Å². The third kappa shape index (κ3) is 3.45. The van der Waals surface area contributed by atoms with E-state index < -0.39 is 0 Å². The number of ether oxygens (including phenoxy) is 1. The molecule has 106 valence electrons. The van der Waals surface area contributed by atoms with E-state index >= 15 is 0 Å². The Balaban J connectivity index is 2.26. The molecule has 1 aliphatic rings. The molecule has 1 aromatic carbocycles. The predicted octanol–water partition coefficient (Wildman–Crippen LogP) is 2.58. The lowest BCUT2D eigenvalue weighted by Gasteiger charge is -2.35. The summed E-state index contributed by atoms with van der Waals surface area (Å²) in [5.41, 5.74) is 1.10. The average molecular weight is 266 g/mol. The van der Waals surface area contributed by atoms with Gasteiger partial charge in [0.05, 0.1) is 7.11 Å². The molecule has 19 heavy (non-hydrogen) atoms. The molecule has 0 saturated carbocycles. The van der Waals surface area contributed by atoms with Crippen LogP contribution in [0.2, 0.25) is 0 Å². The second-order valence-corrected chi connectivity index (χ2v) is 4.98. The fraction of sp³-hybridized carbons (Fsp3) is 0.600. The smallest absolute Gasteiger partial charge is 0.126 e. The van der Waals surface area contributed by atoms with Crippen LogP contribution in [0.3, 0.4) is 0 Å². The minimum atomic E-state index is -0.240. The molecule has 1 atom stereocenters. The van der Waals surface area contributed by atoms with Crippen LogP contribution in [0.25, 0.3) is 0 Å². The molecule has 0 radical (unpaired) electrons. The lowest BCUT2D eigenvalue weighted by Crippen LogP contribution is -2.45. The lowest BCUT2D eigenvalue weighted by atomic mass is 9.98. The normalized spacial score (nSPS) is 18.3. The van der Waals surface area contributed by atoms with Crippen LogP contribution < -0.4 is 10.1 Å². The Morgan fingerprint density at radius 2 is 2.11 bits per heavy atom. The Hall–Kier alpha value is -1.13. The summed E-state index contributed by atoms with van der Waals surface area (Å²) in [6, 6.07) is 5.21. The molecule has 1 N–H and O–H groups in total. The lowest BCUT2D eigenvalue weighted by molar-refractivity contribution is 0.162.